The summed E-state index contributed by atoms with van der Waals surface area (Å²) < 4.78 is 0. The minimum absolute atomic E-state index is 0.115. The van der Waals surface area contributed by atoms with Crippen LogP contribution in [0.25, 0.3) is 0 Å². The molecule has 4 heteroatoms. The van der Waals surface area contributed by atoms with Gasteiger partial charge in [0.25, 0.3) is 0 Å². The largest absolute Gasteiger partial charge is 0.355 e. The Kier molecular flexibility index (Phi) is 5.56. The molecular formula is C16H25N3O. The fourth-order valence-corrected chi connectivity index (χ4v) is 2.75. The van der Waals surface area contributed by atoms with E-state index in [1.807, 2.05) is 7.05 Å². The monoisotopic (exact) mass is 275 g/mol. The Morgan fingerprint density at radius 2 is 2.25 bits per heavy atom. The molecule has 4 nitrogen and oxygen atoms in total. The quantitative estimate of drug-likeness (QED) is 0.859. The van der Waals surface area contributed by atoms with E-state index in [1.165, 1.54) is 11.1 Å². The summed E-state index contributed by atoms with van der Waals surface area (Å²) in [5.41, 5.74) is 2.69. The van der Waals surface area contributed by atoms with Gasteiger partial charge in [-0.2, -0.15) is 0 Å². The summed E-state index contributed by atoms with van der Waals surface area (Å²) in [7, 11) is 2.04. The molecule has 0 fully saturated rings. The zero-order valence-corrected chi connectivity index (χ0v) is 12.5. The molecule has 0 saturated carbocycles. The fourth-order valence-electron chi connectivity index (χ4n) is 2.75. The SMILES string of the molecule is CCCNC(=O)CN(C)C1CCNCc2ccccc21. The number of hydrogen-bond acceptors (Lipinski definition) is 3. The zero-order chi connectivity index (χ0) is 14.4. The normalized spacial score (nSPS) is 18.4. The van der Waals surface area contributed by atoms with Gasteiger partial charge in [0.1, 0.15) is 0 Å². The van der Waals surface area contributed by atoms with Gasteiger partial charge < -0.3 is 10.6 Å². The first-order valence-electron chi connectivity index (χ1n) is 7.47. The van der Waals surface area contributed by atoms with Gasteiger partial charge in [0.15, 0.2) is 0 Å². The summed E-state index contributed by atoms with van der Waals surface area (Å²) in [6.45, 7) is 5.19. The van der Waals surface area contributed by atoms with Gasteiger partial charge in [-0.1, -0.05) is 31.2 Å². The van der Waals surface area contributed by atoms with Gasteiger partial charge in [-0.3, -0.25) is 9.69 Å². The molecule has 1 aromatic carbocycles. The summed E-state index contributed by atoms with van der Waals surface area (Å²) in [5.74, 6) is 0.115. The first-order valence-corrected chi connectivity index (χ1v) is 7.47. The highest BCUT2D eigenvalue weighted by atomic mass is 16.2. The molecule has 0 bridgehead atoms. The van der Waals surface area contributed by atoms with E-state index in [2.05, 4.69) is 46.7 Å². The molecule has 0 aliphatic carbocycles. The van der Waals surface area contributed by atoms with Crippen LogP contribution in [0.3, 0.4) is 0 Å². The third-order valence-electron chi connectivity index (χ3n) is 3.82. The van der Waals surface area contributed by atoms with Gasteiger partial charge in [0, 0.05) is 19.1 Å². The zero-order valence-electron chi connectivity index (χ0n) is 12.5. The molecule has 0 spiro atoms. The lowest BCUT2D eigenvalue weighted by atomic mass is 9.98. The Morgan fingerprint density at radius 1 is 1.45 bits per heavy atom. The highest BCUT2D eigenvalue weighted by molar-refractivity contribution is 5.78. The number of carbonyl (C=O) groups excluding carboxylic acids is 1. The van der Waals surface area contributed by atoms with Gasteiger partial charge in [0.2, 0.25) is 5.91 Å². The Bertz CT molecular complexity index is 447. The molecule has 110 valence electrons. The second kappa shape index (κ2) is 7.41. The molecular weight excluding hydrogens is 250 g/mol. The van der Waals surface area contributed by atoms with Crippen LogP contribution >= 0.6 is 0 Å². The van der Waals surface area contributed by atoms with Crippen molar-refractivity contribution in [2.75, 3.05) is 26.7 Å². The van der Waals surface area contributed by atoms with E-state index >= 15 is 0 Å². The molecule has 0 aromatic heterocycles. The molecule has 20 heavy (non-hydrogen) atoms. The molecule has 1 atom stereocenters. The molecule has 1 unspecified atom stereocenters. The number of benzene rings is 1. The van der Waals surface area contributed by atoms with Crippen molar-refractivity contribution < 1.29 is 4.79 Å². The number of nitrogens with one attached hydrogen (secondary N) is 2. The molecule has 1 amide bonds. The average molecular weight is 275 g/mol. The maximum absolute atomic E-state index is 11.9. The van der Waals surface area contributed by atoms with E-state index in [0.717, 1.165) is 32.5 Å². The van der Waals surface area contributed by atoms with Crippen LogP contribution in [0.5, 0.6) is 0 Å². The number of hydrogen-bond donors (Lipinski definition) is 2. The third kappa shape index (κ3) is 3.81. The smallest absolute Gasteiger partial charge is 0.234 e. The van der Waals surface area contributed by atoms with Gasteiger partial charge in [-0.05, 0) is 37.6 Å². The summed E-state index contributed by atoms with van der Waals surface area (Å²) in [4.78, 5) is 14.0. The minimum Gasteiger partial charge on any atom is -0.355 e. The summed E-state index contributed by atoms with van der Waals surface area (Å²) in [5, 5.41) is 6.39. The number of rotatable bonds is 5. The lowest BCUT2D eigenvalue weighted by Crippen LogP contribution is -2.37. The number of likely N-dealkylation sites (N-methyl/N-ethyl adjacent to an activating group) is 1. The van der Waals surface area contributed by atoms with E-state index in [9.17, 15) is 4.79 Å². The van der Waals surface area contributed by atoms with Crippen LogP contribution in [-0.4, -0.2) is 37.5 Å². The van der Waals surface area contributed by atoms with Crippen LogP contribution in [0.2, 0.25) is 0 Å². The Balaban J connectivity index is 2.05. The molecule has 2 rings (SSSR count). The molecule has 1 aliphatic heterocycles. The van der Waals surface area contributed by atoms with Gasteiger partial charge in [0.05, 0.1) is 6.54 Å². The van der Waals surface area contributed by atoms with Crippen molar-refractivity contribution in [2.45, 2.75) is 32.4 Å². The van der Waals surface area contributed by atoms with Crippen LogP contribution in [0.1, 0.15) is 36.9 Å². The Morgan fingerprint density at radius 3 is 3.05 bits per heavy atom. The lowest BCUT2D eigenvalue weighted by Gasteiger charge is -2.28. The van der Waals surface area contributed by atoms with E-state index in [-0.39, 0.29) is 5.91 Å². The molecule has 1 aromatic rings. The van der Waals surface area contributed by atoms with E-state index in [0.29, 0.717) is 12.6 Å². The van der Waals surface area contributed by atoms with Crippen molar-refractivity contribution in [3.05, 3.63) is 35.4 Å². The van der Waals surface area contributed by atoms with Crippen molar-refractivity contribution in [1.82, 2.24) is 15.5 Å². The first kappa shape index (κ1) is 15.0. The molecule has 1 aliphatic rings. The van der Waals surface area contributed by atoms with Crippen LogP contribution < -0.4 is 10.6 Å². The van der Waals surface area contributed by atoms with Gasteiger partial charge in [-0.25, -0.2) is 0 Å². The highest BCUT2D eigenvalue weighted by Crippen LogP contribution is 2.27. The van der Waals surface area contributed by atoms with Crippen LogP contribution in [0.4, 0.5) is 0 Å². The van der Waals surface area contributed by atoms with Crippen molar-refractivity contribution in [1.29, 1.82) is 0 Å². The van der Waals surface area contributed by atoms with Crippen molar-refractivity contribution >= 4 is 5.91 Å². The third-order valence-corrected chi connectivity index (χ3v) is 3.82. The number of fused-ring (bicyclic) bond motifs is 1. The topological polar surface area (TPSA) is 44.4 Å². The number of carbonyl (C=O) groups is 1. The molecule has 0 saturated heterocycles. The van der Waals surface area contributed by atoms with Crippen molar-refractivity contribution in [3.8, 4) is 0 Å². The van der Waals surface area contributed by atoms with Crippen LogP contribution in [-0.2, 0) is 11.3 Å². The van der Waals surface area contributed by atoms with Crippen molar-refractivity contribution in [2.24, 2.45) is 0 Å². The van der Waals surface area contributed by atoms with E-state index < -0.39 is 0 Å². The molecule has 2 N–H and O–H groups in total. The maximum Gasteiger partial charge on any atom is 0.234 e. The maximum atomic E-state index is 11.9. The predicted octanol–water partition coefficient (Wildman–Crippen LogP) is 1.68. The van der Waals surface area contributed by atoms with Gasteiger partial charge in [-0.15, -0.1) is 0 Å². The average Bonchev–Trinajstić information content (AvgIpc) is 2.67. The Hall–Kier alpha value is -1.39. The molecule has 1 heterocycles. The first-order chi connectivity index (χ1) is 9.72. The van der Waals surface area contributed by atoms with Crippen LogP contribution in [0.15, 0.2) is 24.3 Å². The van der Waals surface area contributed by atoms with E-state index in [1.54, 1.807) is 0 Å². The summed E-state index contributed by atoms with van der Waals surface area (Å²) >= 11 is 0. The van der Waals surface area contributed by atoms with Crippen molar-refractivity contribution in [3.63, 3.8) is 0 Å². The van der Waals surface area contributed by atoms with Crippen LogP contribution in [0, 0.1) is 0 Å². The second-order valence-corrected chi connectivity index (χ2v) is 5.45. The lowest BCUT2D eigenvalue weighted by molar-refractivity contribution is -0.122. The highest BCUT2D eigenvalue weighted by Gasteiger charge is 2.23. The van der Waals surface area contributed by atoms with Gasteiger partial charge >= 0.3 is 0 Å². The fraction of sp³-hybridized carbons (Fsp3) is 0.562. The summed E-state index contributed by atoms with van der Waals surface area (Å²) in [6, 6.07) is 8.84. The molecule has 0 radical (unpaired) electrons. The predicted molar refractivity (Wildman–Crippen MR) is 81.4 cm³/mol. The minimum atomic E-state index is 0.115. The number of nitrogens with zero attached hydrogens (tertiary/aromatic N) is 1. The standard InChI is InChI=1S/C16H25N3O/c1-3-9-18-16(20)12-19(2)15-8-10-17-11-13-6-4-5-7-14(13)15/h4-7,15,17H,3,8-12H2,1-2H3,(H,18,20). The Labute approximate surface area is 121 Å². The number of amides is 1. The second-order valence-electron chi connectivity index (χ2n) is 5.45. The summed E-state index contributed by atoms with van der Waals surface area (Å²) in [6.07, 6.45) is 2.01. The van der Waals surface area contributed by atoms with E-state index in [4.69, 9.17) is 0 Å².